The zero-order valence-corrected chi connectivity index (χ0v) is 17.0. The van der Waals surface area contributed by atoms with Crippen LogP contribution in [0.25, 0.3) is 11.3 Å². The lowest BCUT2D eigenvalue weighted by Gasteiger charge is -2.32. The Kier molecular flexibility index (Phi) is 6.23. The first-order valence-corrected chi connectivity index (χ1v) is 10.1. The molecule has 1 aliphatic rings. The van der Waals surface area contributed by atoms with Crippen molar-refractivity contribution in [1.82, 2.24) is 14.9 Å². The molecule has 0 saturated carbocycles. The Morgan fingerprint density at radius 3 is 2.77 bits per heavy atom. The molecule has 1 fully saturated rings. The van der Waals surface area contributed by atoms with E-state index in [9.17, 15) is 4.79 Å². The maximum absolute atomic E-state index is 12.7. The molecule has 2 heterocycles. The summed E-state index contributed by atoms with van der Waals surface area (Å²) in [5.74, 6) is 1.65. The molecular weight excluding hydrogens is 378 g/mol. The third kappa shape index (κ3) is 4.76. The Balaban J connectivity index is 1.43. The quantitative estimate of drug-likeness (QED) is 0.624. The number of amides is 1. The van der Waals surface area contributed by atoms with E-state index < -0.39 is 0 Å². The molecule has 6 heteroatoms. The van der Waals surface area contributed by atoms with Gasteiger partial charge in [-0.05, 0) is 37.1 Å². The van der Waals surface area contributed by atoms with Crippen LogP contribution in [0.3, 0.4) is 0 Å². The third-order valence-electron chi connectivity index (χ3n) is 5.32. The number of carbonyl (C=O) groups excluding carboxylic acids is 1. The standard InChI is InChI=1S/C24H25N3O3/c1-29-21-11-5-7-18(13-21)22-14-25-15-23(26-22)19-8-6-12-27(16-19)24(28)17-30-20-9-3-2-4-10-20/h2-5,7,9-11,13-15,19H,6,8,12,16-17H2,1H3/t19-/m0/s1. The van der Waals surface area contributed by atoms with Crippen molar-refractivity contribution in [2.45, 2.75) is 18.8 Å². The van der Waals surface area contributed by atoms with E-state index in [1.165, 1.54) is 0 Å². The van der Waals surface area contributed by atoms with Gasteiger partial charge in [-0.1, -0.05) is 30.3 Å². The van der Waals surface area contributed by atoms with Gasteiger partial charge in [0.25, 0.3) is 5.91 Å². The number of ether oxygens (including phenoxy) is 2. The van der Waals surface area contributed by atoms with Gasteiger partial charge in [-0.25, -0.2) is 4.98 Å². The van der Waals surface area contributed by atoms with E-state index in [1.54, 1.807) is 13.3 Å². The molecule has 1 aromatic heterocycles. The summed E-state index contributed by atoms with van der Waals surface area (Å²) in [5.41, 5.74) is 2.68. The fraction of sp³-hybridized carbons (Fsp3) is 0.292. The Labute approximate surface area is 176 Å². The van der Waals surface area contributed by atoms with E-state index in [4.69, 9.17) is 14.5 Å². The second kappa shape index (κ2) is 9.39. The largest absolute Gasteiger partial charge is 0.497 e. The number of aromatic nitrogens is 2. The lowest BCUT2D eigenvalue weighted by molar-refractivity contribution is -0.134. The molecule has 6 nitrogen and oxygen atoms in total. The summed E-state index contributed by atoms with van der Waals surface area (Å²) < 4.78 is 10.9. The number of para-hydroxylation sites is 1. The van der Waals surface area contributed by atoms with Crippen molar-refractivity contribution in [2.24, 2.45) is 0 Å². The number of carbonyl (C=O) groups is 1. The second-order valence-electron chi connectivity index (χ2n) is 7.34. The topological polar surface area (TPSA) is 64.5 Å². The van der Waals surface area contributed by atoms with Gasteiger partial charge >= 0.3 is 0 Å². The Morgan fingerprint density at radius 2 is 1.93 bits per heavy atom. The Morgan fingerprint density at radius 1 is 1.10 bits per heavy atom. The van der Waals surface area contributed by atoms with E-state index in [1.807, 2.05) is 65.7 Å². The van der Waals surface area contributed by atoms with Crippen LogP contribution in [0.2, 0.25) is 0 Å². The van der Waals surface area contributed by atoms with Crippen LogP contribution in [0.5, 0.6) is 11.5 Å². The highest BCUT2D eigenvalue weighted by Gasteiger charge is 2.26. The molecule has 0 radical (unpaired) electrons. The molecule has 1 amide bonds. The van der Waals surface area contributed by atoms with Crippen molar-refractivity contribution in [3.8, 4) is 22.8 Å². The zero-order chi connectivity index (χ0) is 20.8. The summed E-state index contributed by atoms with van der Waals surface area (Å²) >= 11 is 0. The first-order valence-electron chi connectivity index (χ1n) is 10.1. The molecule has 4 rings (SSSR count). The van der Waals surface area contributed by atoms with E-state index in [0.29, 0.717) is 12.3 Å². The zero-order valence-electron chi connectivity index (χ0n) is 17.0. The monoisotopic (exact) mass is 403 g/mol. The minimum Gasteiger partial charge on any atom is -0.497 e. The molecule has 154 valence electrons. The molecule has 1 aliphatic heterocycles. The second-order valence-corrected chi connectivity index (χ2v) is 7.34. The highest BCUT2D eigenvalue weighted by atomic mass is 16.5. The number of piperidine rings is 1. The van der Waals surface area contributed by atoms with Crippen LogP contribution in [0.15, 0.2) is 67.0 Å². The van der Waals surface area contributed by atoms with Crippen molar-refractivity contribution in [3.63, 3.8) is 0 Å². The number of methoxy groups -OCH3 is 1. The predicted molar refractivity (Wildman–Crippen MR) is 115 cm³/mol. The average Bonchev–Trinajstić information content (AvgIpc) is 2.83. The van der Waals surface area contributed by atoms with Crippen molar-refractivity contribution in [3.05, 3.63) is 72.7 Å². The normalized spacial score (nSPS) is 16.2. The summed E-state index contributed by atoms with van der Waals surface area (Å²) in [6.07, 6.45) is 5.49. The van der Waals surface area contributed by atoms with Crippen LogP contribution >= 0.6 is 0 Å². The van der Waals surface area contributed by atoms with Gasteiger partial charge in [-0.2, -0.15) is 0 Å². The lowest BCUT2D eigenvalue weighted by atomic mass is 9.94. The maximum atomic E-state index is 12.7. The molecular formula is C24H25N3O3. The molecule has 0 N–H and O–H groups in total. The molecule has 0 spiro atoms. The van der Waals surface area contributed by atoms with Gasteiger partial charge in [0.15, 0.2) is 6.61 Å². The number of hydrogen-bond acceptors (Lipinski definition) is 5. The maximum Gasteiger partial charge on any atom is 0.260 e. The van der Waals surface area contributed by atoms with Crippen LogP contribution in [-0.4, -0.2) is 47.6 Å². The highest BCUT2D eigenvalue weighted by Crippen LogP contribution is 2.28. The van der Waals surface area contributed by atoms with Crippen molar-refractivity contribution in [2.75, 3.05) is 26.8 Å². The summed E-state index contributed by atoms with van der Waals surface area (Å²) in [5, 5.41) is 0. The summed E-state index contributed by atoms with van der Waals surface area (Å²) in [6, 6.07) is 17.2. The summed E-state index contributed by atoms with van der Waals surface area (Å²) in [7, 11) is 1.65. The van der Waals surface area contributed by atoms with Gasteiger partial charge in [0.05, 0.1) is 24.7 Å². The molecule has 3 aromatic rings. The molecule has 2 aromatic carbocycles. The minimum absolute atomic E-state index is 0.000428. The van der Waals surface area contributed by atoms with Crippen LogP contribution in [-0.2, 0) is 4.79 Å². The predicted octanol–water partition coefficient (Wildman–Crippen LogP) is 3.94. The summed E-state index contributed by atoms with van der Waals surface area (Å²) in [4.78, 5) is 23.8. The smallest absolute Gasteiger partial charge is 0.260 e. The first kappa shape index (κ1) is 19.9. The Hall–Kier alpha value is -3.41. The lowest BCUT2D eigenvalue weighted by Crippen LogP contribution is -2.41. The van der Waals surface area contributed by atoms with Crippen LogP contribution in [0.1, 0.15) is 24.5 Å². The van der Waals surface area contributed by atoms with Gasteiger partial charge in [0.1, 0.15) is 11.5 Å². The Bertz CT molecular complexity index is 994. The van der Waals surface area contributed by atoms with E-state index in [-0.39, 0.29) is 18.4 Å². The molecule has 0 aliphatic carbocycles. The number of hydrogen-bond donors (Lipinski definition) is 0. The molecule has 30 heavy (non-hydrogen) atoms. The average molecular weight is 403 g/mol. The number of rotatable bonds is 6. The van der Waals surface area contributed by atoms with Gasteiger partial charge in [-0.15, -0.1) is 0 Å². The third-order valence-corrected chi connectivity index (χ3v) is 5.32. The molecule has 0 unspecified atom stereocenters. The van der Waals surface area contributed by atoms with Gasteiger partial charge < -0.3 is 14.4 Å². The summed E-state index contributed by atoms with van der Waals surface area (Å²) in [6.45, 7) is 1.43. The number of benzene rings is 2. The SMILES string of the molecule is COc1cccc(-c2cncc([C@H]3CCCN(C(=O)COc4ccccc4)C3)n2)c1. The number of nitrogens with zero attached hydrogens (tertiary/aromatic N) is 3. The van der Waals surface area contributed by atoms with Gasteiger partial charge in [0, 0.05) is 30.8 Å². The fourth-order valence-electron chi connectivity index (χ4n) is 3.70. The van der Waals surface area contributed by atoms with Crippen LogP contribution < -0.4 is 9.47 Å². The molecule has 0 bridgehead atoms. The molecule has 1 atom stereocenters. The van der Waals surface area contributed by atoms with Crippen molar-refractivity contribution in [1.29, 1.82) is 0 Å². The minimum atomic E-state index is 0.000428. The molecule has 1 saturated heterocycles. The first-order chi connectivity index (χ1) is 14.7. The van der Waals surface area contributed by atoms with E-state index in [0.717, 1.165) is 42.1 Å². The van der Waals surface area contributed by atoms with Crippen molar-refractivity contribution < 1.29 is 14.3 Å². The van der Waals surface area contributed by atoms with Crippen LogP contribution in [0, 0.1) is 0 Å². The highest BCUT2D eigenvalue weighted by molar-refractivity contribution is 5.78. The van der Waals surface area contributed by atoms with Gasteiger partial charge in [-0.3, -0.25) is 9.78 Å². The van der Waals surface area contributed by atoms with Gasteiger partial charge in [0.2, 0.25) is 0 Å². The van der Waals surface area contributed by atoms with E-state index in [2.05, 4.69) is 4.98 Å². The van der Waals surface area contributed by atoms with Crippen molar-refractivity contribution >= 4 is 5.91 Å². The fourth-order valence-corrected chi connectivity index (χ4v) is 3.70. The number of likely N-dealkylation sites (tertiary alicyclic amines) is 1. The van der Waals surface area contributed by atoms with E-state index >= 15 is 0 Å². The van der Waals surface area contributed by atoms with Crippen LogP contribution in [0.4, 0.5) is 0 Å².